The van der Waals surface area contributed by atoms with Crippen molar-refractivity contribution >= 4 is 5.69 Å². The van der Waals surface area contributed by atoms with E-state index in [1.54, 1.807) is 6.92 Å². The maximum absolute atomic E-state index is 12.9. The van der Waals surface area contributed by atoms with Crippen molar-refractivity contribution in [2.24, 2.45) is 5.73 Å². The first-order valence-electron chi connectivity index (χ1n) is 4.75. The van der Waals surface area contributed by atoms with Gasteiger partial charge in [-0.2, -0.15) is 0 Å². The van der Waals surface area contributed by atoms with Crippen LogP contribution in [0, 0.1) is 15.9 Å². The molecule has 0 spiro atoms. The summed E-state index contributed by atoms with van der Waals surface area (Å²) in [5.74, 6) is -0.641. The van der Waals surface area contributed by atoms with Crippen molar-refractivity contribution in [3.8, 4) is 0 Å². The number of nitro groups is 1. The molecule has 0 saturated carbocycles. The lowest BCUT2D eigenvalue weighted by atomic mass is 9.99. The Kier molecular flexibility index (Phi) is 3.73. The van der Waals surface area contributed by atoms with E-state index in [0.717, 1.165) is 11.6 Å². The quantitative estimate of drug-likeness (QED) is 0.485. The minimum absolute atomic E-state index is 0.284. The van der Waals surface area contributed by atoms with Crippen molar-refractivity contribution in [1.82, 2.24) is 0 Å². The van der Waals surface area contributed by atoms with Gasteiger partial charge in [-0.05, 0) is 25.5 Å². The van der Waals surface area contributed by atoms with Gasteiger partial charge in [0.25, 0.3) is 5.69 Å². The molecular formula is C11H13FN2O2. The van der Waals surface area contributed by atoms with E-state index in [4.69, 9.17) is 5.73 Å². The molecule has 1 rings (SSSR count). The molecule has 5 heteroatoms. The smallest absolute Gasteiger partial charge is 0.277 e. The zero-order chi connectivity index (χ0) is 12.3. The van der Waals surface area contributed by atoms with E-state index in [9.17, 15) is 14.5 Å². The van der Waals surface area contributed by atoms with Gasteiger partial charge in [0.15, 0.2) is 0 Å². The zero-order valence-electron chi connectivity index (χ0n) is 8.94. The molecule has 16 heavy (non-hydrogen) atoms. The van der Waals surface area contributed by atoms with Gasteiger partial charge in [0, 0.05) is 11.6 Å². The van der Waals surface area contributed by atoms with E-state index in [1.165, 1.54) is 12.1 Å². The van der Waals surface area contributed by atoms with Gasteiger partial charge in [-0.1, -0.05) is 5.57 Å². The number of nitro benzene ring substituents is 1. The number of nitrogens with two attached hydrogens (primary N) is 1. The molecule has 0 aromatic heterocycles. The zero-order valence-corrected chi connectivity index (χ0v) is 8.94. The van der Waals surface area contributed by atoms with E-state index in [2.05, 4.69) is 6.58 Å². The molecule has 0 radical (unpaired) electrons. The summed E-state index contributed by atoms with van der Waals surface area (Å²) in [6.07, 6.45) is 0.437. The van der Waals surface area contributed by atoms with Crippen LogP contribution < -0.4 is 5.73 Å². The van der Waals surface area contributed by atoms with Gasteiger partial charge in [-0.3, -0.25) is 10.1 Å². The Bertz CT molecular complexity index is 432. The van der Waals surface area contributed by atoms with Crippen LogP contribution in [0.15, 0.2) is 30.4 Å². The summed E-state index contributed by atoms with van der Waals surface area (Å²) in [5, 5.41) is 10.7. The van der Waals surface area contributed by atoms with Crippen LogP contribution in [0.25, 0.3) is 0 Å². The average molecular weight is 224 g/mol. The number of nitrogens with zero attached hydrogens (tertiary/aromatic N) is 1. The molecule has 1 aromatic carbocycles. The number of hydrogen-bond acceptors (Lipinski definition) is 3. The lowest BCUT2D eigenvalue weighted by Crippen LogP contribution is -2.12. The molecule has 0 fully saturated rings. The van der Waals surface area contributed by atoms with E-state index in [0.29, 0.717) is 12.0 Å². The van der Waals surface area contributed by atoms with Crippen molar-refractivity contribution in [3.05, 3.63) is 51.8 Å². The maximum atomic E-state index is 12.9. The monoisotopic (exact) mass is 224 g/mol. The van der Waals surface area contributed by atoms with E-state index >= 15 is 0 Å². The molecule has 0 bridgehead atoms. The van der Waals surface area contributed by atoms with Gasteiger partial charge in [-0.25, -0.2) is 4.39 Å². The van der Waals surface area contributed by atoms with Gasteiger partial charge in [0.2, 0.25) is 0 Å². The fourth-order valence-electron chi connectivity index (χ4n) is 1.47. The molecule has 0 aliphatic carbocycles. The molecule has 0 amide bonds. The third kappa shape index (κ3) is 2.87. The maximum Gasteiger partial charge on any atom is 0.277 e. The number of halogens is 1. The summed E-state index contributed by atoms with van der Waals surface area (Å²) in [6.45, 7) is 5.48. The highest BCUT2D eigenvalue weighted by Gasteiger charge is 2.20. The Morgan fingerprint density at radius 3 is 2.81 bits per heavy atom. The molecule has 0 unspecified atom stereocenters. The molecule has 0 heterocycles. The molecule has 86 valence electrons. The second-order valence-corrected chi connectivity index (χ2v) is 3.73. The van der Waals surface area contributed by atoms with Crippen LogP contribution in [0.2, 0.25) is 0 Å². The average Bonchev–Trinajstić information content (AvgIpc) is 2.16. The van der Waals surface area contributed by atoms with E-state index < -0.39 is 16.8 Å². The first kappa shape index (κ1) is 12.3. The first-order chi connectivity index (χ1) is 7.41. The lowest BCUT2D eigenvalue weighted by Gasteiger charge is -2.11. The van der Waals surface area contributed by atoms with Gasteiger partial charge in [0.1, 0.15) is 5.82 Å². The highest BCUT2D eigenvalue weighted by molar-refractivity contribution is 5.42. The standard InChI is InChI=1S/C11H13FN2O2/c1-7(2)5-10(13)9-4-3-8(12)6-11(9)14(15)16/h3-4,6,10H,1,5,13H2,2H3/t10-/m1/s1. The summed E-state index contributed by atoms with van der Waals surface area (Å²) in [4.78, 5) is 10.1. The second kappa shape index (κ2) is 4.85. The molecule has 0 aliphatic rings. The van der Waals surface area contributed by atoms with Crippen LogP contribution in [0.5, 0.6) is 0 Å². The van der Waals surface area contributed by atoms with Gasteiger partial charge < -0.3 is 5.73 Å². The lowest BCUT2D eigenvalue weighted by molar-refractivity contribution is -0.385. The summed E-state index contributed by atoms with van der Waals surface area (Å²) < 4.78 is 12.9. The topological polar surface area (TPSA) is 69.2 Å². The Hall–Kier alpha value is -1.75. The third-order valence-electron chi connectivity index (χ3n) is 2.16. The number of benzene rings is 1. The predicted octanol–water partition coefficient (Wildman–Crippen LogP) is 2.70. The minimum atomic E-state index is -0.641. The molecule has 2 N–H and O–H groups in total. The number of rotatable bonds is 4. The molecule has 0 saturated heterocycles. The highest BCUT2D eigenvalue weighted by atomic mass is 19.1. The summed E-state index contributed by atoms with van der Waals surface area (Å²) >= 11 is 0. The first-order valence-corrected chi connectivity index (χ1v) is 4.75. The largest absolute Gasteiger partial charge is 0.323 e. The van der Waals surface area contributed by atoms with Crippen molar-refractivity contribution in [3.63, 3.8) is 0 Å². The Balaban J connectivity index is 3.12. The van der Waals surface area contributed by atoms with Crippen molar-refractivity contribution in [2.75, 3.05) is 0 Å². The third-order valence-corrected chi connectivity index (χ3v) is 2.16. The van der Waals surface area contributed by atoms with E-state index in [-0.39, 0.29) is 5.69 Å². The van der Waals surface area contributed by atoms with Gasteiger partial charge in [-0.15, -0.1) is 6.58 Å². The SMILES string of the molecule is C=C(C)C[C@@H](N)c1ccc(F)cc1[N+](=O)[O-]. The van der Waals surface area contributed by atoms with Crippen LogP contribution in [-0.2, 0) is 0 Å². The summed E-state index contributed by atoms with van der Waals surface area (Å²) in [7, 11) is 0. The Morgan fingerprint density at radius 2 is 2.31 bits per heavy atom. The van der Waals surface area contributed by atoms with Crippen LogP contribution >= 0.6 is 0 Å². The minimum Gasteiger partial charge on any atom is -0.323 e. The molecule has 1 aromatic rings. The van der Waals surface area contributed by atoms with Crippen molar-refractivity contribution in [2.45, 2.75) is 19.4 Å². The number of hydrogen-bond donors (Lipinski definition) is 1. The fraction of sp³-hybridized carbons (Fsp3) is 0.273. The normalized spacial score (nSPS) is 12.2. The predicted molar refractivity (Wildman–Crippen MR) is 59.4 cm³/mol. The molecule has 4 nitrogen and oxygen atoms in total. The van der Waals surface area contributed by atoms with Crippen molar-refractivity contribution in [1.29, 1.82) is 0 Å². The van der Waals surface area contributed by atoms with E-state index in [1.807, 2.05) is 0 Å². The van der Waals surface area contributed by atoms with Crippen LogP contribution in [0.1, 0.15) is 24.9 Å². The fourth-order valence-corrected chi connectivity index (χ4v) is 1.47. The Morgan fingerprint density at radius 1 is 1.69 bits per heavy atom. The second-order valence-electron chi connectivity index (χ2n) is 3.73. The van der Waals surface area contributed by atoms with Crippen LogP contribution in [0.4, 0.5) is 10.1 Å². The van der Waals surface area contributed by atoms with Crippen molar-refractivity contribution < 1.29 is 9.31 Å². The molecule has 0 aliphatic heterocycles. The van der Waals surface area contributed by atoms with Crippen LogP contribution in [0.3, 0.4) is 0 Å². The Labute approximate surface area is 92.7 Å². The molecule has 1 atom stereocenters. The van der Waals surface area contributed by atoms with Gasteiger partial charge >= 0.3 is 0 Å². The van der Waals surface area contributed by atoms with Crippen LogP contribution in [-0.4, -0.2) is 4.92 Å². The molecular weight excluding hydrogens is 211 g/mol. The van der Waals surface area contributed by atoms with Gasteiger partial charge in [0.05, 0.1) is 11.0 Å². The highest BCUT2D eigenvalue weighted by Crippen LogP contribution is 2.27. The summed E-state index contributed by atoms with van der Waals surface area (Å²) in [6, 6.07) is 2.87. The summed E-state index contributed by atoms with van der Waals surface area (Å²) in [5.41, 5.74) is 6.67.